The van der Waals surface area contributed by atoms with Crippen molar-refractivity contribution in [2.24, 2.45) is 11.7 Å². The molecule has 1 amide bonds. The zero-order valence-corrected chi connectivity index (χ0v) is 13.5. The van der Waals surface area contributed by atoms with E-state index in [-0.39, 0.29) is 5.91 Å². The number of likely N-dealkylation sites (N-methyl/N-ethyl adjacent to an activating group) is 1. The largest absolute Gasteiger partial charge is 0.339 e. The summed E-state index contributed by atoms with van der Waals surface area (Å²) < 4.78 is 0. The molecule has 21 heavy (non-hydrogen) atoms. The maximum Gasteiger partial charge on any atom is 0.232 e. The van der Waals surface area contributed by atoms with Crippen LogP contribution in [0.3, 0.4) is 0 Å². The first-order valence-corrected chi connectivity index (χ1v) is 8.09. The molecule has 1 aromatic rings. The van der Waals surface area contributed by atoms with E-state index in [1.807, 2.05) is 44.2 Å². The van der Waals surface area contributed by atoms with E-state index in [9.17, 15) is 4.79 Å². The SMILES string of the molecule is CCN(C(=O)C(C)(C)c1ccccc1)C1CCCC1CN. The van der Waals surface area contributed by atoms with Gasteiger partial charge in [-0.05, 0) is 51.6 Å². The molecule has 2 N–H and O–H groups in total. The van der Waals surface area contributed by atoms with Crippen LogP contribution in [0.1, 0.15) is 45.6 Å². The molecule has 0 heterocycles. The molecule has 3 nitrogen and oxygen atoms in total. The molecule has 0 aromatic heterocycles. The van der Waals surface area contributed by atoms with Gasteiger partial charge in [-0.25, -0.2) is 0 Å². The summed E-state index contributed by atoms with van der Waals surface area (Å²) >= 11 is 0. The zero-order chi connectivity index (χ0) is 15.5. The Bertz CT molecular complexity index is 469. The van der Waals surface area contributed by atoms with Gasteiger partial charge in [-0.15, -0.1) is 0 Å². The van der Waals surface area contributed by atoms with E-state index in [1.54, 1.807) is 0 Å². The predicted molar refractivity (Wildman–Crippen MR) is 87.0 cm³/mol. The van der Waals surface area contributed by atoms with Gasteiger partial charge >= 0.3 is 0 Å². The Kier molecular flexibility index (Phi) is 5.04. The highest BCUT2D eigenvalue weighted by Gasteiger charge is 2.39. The number of nitrogens with zero attached hydrogens (tertiary/aromatic N) is 1. The fraction of sp³-hybridized carbons (Fsp3) is 0.611. The van der Waals surface area contributed by atoms with E-state index >= 15 is 0 Å². The number of carbonyl (C=O) groups excluding carboxylic acids is 1. The number of rotatable bonds is 5. The molecule has 1 fully saturated rings. The molecule has 0 bridgehead atoms. The molecule has 1 saturated carbocycles. The molecule has 2 atom stereocenters. The maximum atomic E-state index is 13.1. The van der Waals surface area contributed by atoms with Gasteiger partial charge in [0.15, 0.2) is 0 Å². The van der Waals surface area contributed by atoms with Crippen molar-refractivity contribution in [3.63, 3.8) is 0 Å². The van der Waals surface area contributed by atoms with Crippen molar-refractivity contribution in [3.8, 4) is 0 Å². The molecule has 2 rings (SSSR count). The van der Waals surface area contributed by atoms with E-state index in [0.29, 0.717) is 18.5 Å². The summed E-state index contributed by atoms with van der Waals surface area (Å²) in [4.78, 5) is 15.2. The quantitative estimate of drug-likeness (QED) is 0.905. The molecule has 0 saturated heterocycles. The minimum Gasteiger partial charge on any atom is -0.339 e. The van der Waals surface area contributed by atoms with Crippen molar-refractivity contribution in [2.45, 2.75) is 51.5 Å². The van der Waals surface area contributed by atoms with Gasteiger partial charge < -0.3 is 10.6 Å². The third-order valence-corrected chi connectivity index (χ3v) is 4.95. The molecule has 0 spiro atoms. The lowest BCUT2D eigenvalue weighted by Crippen LogP contribution is -2.50. The topological polar surface area (TPSA) is 46.3 Å². The summed E-state index contributed by atoms with van der Waals surface area (Å²) in [7, 11) is 0. The van der Waals surface area contributed by atoms with Gasteiger partial charge in [0, 0.05) is 12.6 Å². The van der Waals surface area contributed by atoms with E-state index in [2.05, 4.69) is 11.8 Å². The minimum absolute atomic E-state index is 0.224. The lowest BCUT2D eigenvalue weighted by Gasteiger charge is -2.38. The van der Waals surface area contributed by atoms with Crippen LogP contribution in [0.5, 0.6) is 0 Å². The normalized spacial score (nSPS) is 22.3. The van der Waals surface area contributed by atoms with Crippen LogP contribution in [-0.2, 0) is 10.2 Å². The molecular weight excluding hydrogens is 260 g/mol. The summed E-state index contributed by atoms with van der Waals surface area (Å²) in [5, 5.41) is 0. The second-order valence-electron chi connectivity index (χ2n) is 6.58. The standard InChI is InChI=1S/C18H28N2O/c1-4-20(16-12-8-9-14(16)13-19)17(21)18(2,3)15-10-6-5-7-11-15/h5-7,10-11,14,16H,4,8-9,12-13,19H2,1-3H3. The van der Waals surface area contributed by atoms with Crippen LogP contribution in [0.2, 0.25) is 0 Å². The Morgan fingerprint density at radius 1 is 1.29 bits per heavy atom. The summed E-state index contributed by atoms with van der Waals surface area (Å²) in [6, 6.07) is 10.4. The first kappa shape index (κ1) is 16.0. The average Bonchev–Trinajstić information content (AvgIpc) is 2.97. The van der Waals surface area contributed by atoms with Crippen LogP contribution < -0.4 is 5.73 Å². The third kappa shape index (κ3) is 3.13. The Balaban J connectivity index is 2.23. The van der Waals surface area contributed by atoms with Gasteiger partial charge in [-0.1, -0.05) is 36.8 Å². The van der Waals surface area contributed by atoms with Crippen molar-refractivity contribution in [1.29, 1.82) is 0 Å². The molecule has 1 aliphatic carbocycles. The summed E-state index contributed by atoms with van der Waals surface area (Å²) in [6.45, 7) is 7.57. The van der Waals surface area contributed by atoms with Crippen molar-refractivity contribution in [2.75, 3.05) is 13.1 Å². The van der Waals surface area contributed by atoms with E-state index in [0.717, 1.165) is 24.9 Å². The smallest absolute Gasteiger partial charge is 0.232 e. The van der Waals surface area contributed by atoms with Crippen molar-refractivity contribution in [1.82, 2.24) is 4.90 Å². The third-order valence-electron chi connectivity index (χ3n) is 4.95. The fourth-order valence-corrected chi connectivity index (χ4v) is 3.57. The maximum absolute atomic E-state index is 13.1. The number of benzene rings is 1. The molecular formula is C18H28N2O. The Morgan fingerprint density at radius 2 is 1.95 bits per heavy atom. The van der Waals surface area contributed by atoms with Gasteiger partial charge in [-0.2, -0.15) is 0 Å². The number of carbonyl (C=O) groups is 1. The lowest BCUT2D eigenvalue weighted by atomic mass is 9.82. The molecule has 3 heteroatoms. The van der Waals surface area contributed by atoms with Gasteiger partial charge in [0.05, 0.1) is 5.41 Å². The van der Waals surface area contributed by atoms with Gasteiger partial charge in [0.1, 0.15) is 0 Å². The molecule has 0 radical (unpaired) electrons. The number of hydrogen-bond donors (Lipinski definition) is 1. The Labute approximate surface area is 128 Å². The highest BCUT2D eigenvalue weighted by molar-refractivity contribution is 5.87. The molecule has 1 aliphatic rings. The van der Waals surface area contributed by atoms with Crippen molar-refractivity contribution >= 4 is 5.91 Å². The minimum atomic E-state index is -0.487. The van der Waals surface area contributed by atoms with Gasteiger partial charge in [0.25, 0.3) is 0 Å². The summed E-state index contributed by atoms with van der Waals surface area (Å²) in [5.41, 5.74) is 6.49. The molecule has 2 unspecified atom stereocenters. The predicted octanol–water partition coefficient (Wildman–Crippen LogP) is 2.94. The second kappa shape index (κ2) is 6.61. The van der Waals surface area contributed by atoms with E-state index < -0.39 is 5.41 Å². The van der Waals surface area contributed by atoms with Crippen molar-refractivity contribution < 1.29 is 4.79 Å². The average molecular weight is 288 g/mol. The van der Waals surface area contributed by atoms with Crippen LogP contribution in [0.4, 0.5) is 0 Å². The first-order chi connectivity index (χ1) is 10.0. The van der Waals surface area contributed by atoms with Crippen molar-refractivity contribution in [3.05, 3.63) is 35.9 Å². The zero-order valence-electron chi connectivity index (χ0n) is 13.5. The first-order valence-electron chi connectivity index (χ1n) is 8.09. The van der Waals surface area contributed by atoms with Crippen LogP contribution in [0, 0.1) is 5.92 Å². The number of hydrogen-bond acceptors (Lipinski definition) is 2. The summed E-state index contributed by atoms with van der Waals surface area (Å²) in [5.74, 6) is 0.682. The van der Waals surface area contributed by atoms with Gasteiger partial charge in [-0.3, -0.25) is 4.79 Å². The monoisotopic (exact) mass is 288 g/mol. The van der Waals surface area contributed by atoms with Crippen LogP contribution in [0.25, 0.3) is 0 Å². The molecule has 0 aliphatic heterocycles. The number of amides is 1. The van der Waals surface area contributed by atoms with Crippen LogP contribution >= 0.6 is 0 Å². The second-order valence-corrected chi connectivity index (χ2v) is 6.58. The van der Waals surface area contributed by atoms with E-state index in [1.165, 1.54) is 6.42 Å². The van der Waals surface area contributed by atoms with E-state index in [4.69, 9.17) is 5.73 Å². The summed E-state index contributed by atoms with van der Waals surface area (Å²) in [6.07, 6.45) is 3.42. The highest BCUT2D eigenvalue weighted by Crippen LogP contribution is 2.33. The number of nitrogens with two attached hydrogens (primary N) is 1. The highest BCUT2D eigenvalue weighted by atomic mass is 16.2. The Hall–Kier alpha value is -1.35. The Morgan fingerprint density at radius 3 is 2.52 bits per heavy atom. The molecule has 116 valence electrons. The van der Waals surface area contributed by atoms with Crippen LogP contribution in [-0.4, -0.2) is 29.9 Å². The molecule has 1 aromatic carbocycles. The fourth-order valence-electron chi connectivity index (χ4n) is 3.57. The van der Waals surface area contributed by atoms with Crippen LogP contribution in [0.15, 0.2) is 30.3 Å². The van der Waals surface area contributed by atoms with Gasteiger partial charge in [0.2, 0.25) is 5.91 Å². The lowest BCUT2D eigenvalue weighted by molar-refractivity contribution is -0.139.